The average Bonchev–Trinajstić information content (AvgIpc) is 2.76. The molecule has 1 aromatic carbocycles. The monoisotopic (exact) mass is 277 g/mol. The van der Waals surface area contributed by atoms with E-state index in [1.165, 1.54) is 25.3 Å². The van der Waals surface area contributed by atoms with Crippen molar-refractivity contribution in [2.45, 2.75) is 20.4 Å². The smallest absolute Gasteiger partial charge is 0.337 e. The summed E-state index contributed by atoms with van der Waals surface area (Å²) in [7, 11) is 1.29. The fraction of sp³-hybridized carbons (Fsp3) is 0.286. The number of methoxy groups -OCH3 is 1. The summed E-state index contributed by atoms with van der Waals surface area (Å²) < 4.78 is 18.3. The Morgan fingerprint density at radius 1 is 1.45 bits per heavy atom. The summed E-state index contributed by atoms with van der Waals surface area (Å²) in [4.78, 5) is 11.4. The molecule has 1 aromatic heterocycles. The molecule has 0 saturated heterocycles. The number of hydrogen-bond donors (Lipinski definition) is 2. The van der Waals surface area contributed by atoms with Crippen LogP contribution in [0.5, 0.6) is 0 Å². The van der Waals surface area contributed by atoms with Gasteiger partial charge in [-0.3, -0.25) is 5.10 Å². The lowest BCUT2D eigenvalue weighted by Crippen LogP contribution is -2.06. The largest absolute Gasteiger partial charge is 0.465 e. The molecule has 106 valence electrons. The molecule has 0 fully saturated rings. The number of halogens is 1. The molecule has 2 N–H and O–H groups in total. The van der Waals surface area contributed by atoms with Crippen LogP contribution in [0.15, 0.2) is 18.2 Å². The molecule has 0 saturated carbocycles. The summed E-state index contributed by atoms with van der Waals surface area (Å²) in [6.45, 7) is 4.20. The third-order valence-corrected chi connectivity index (χ3v) is 3.12. The summed E-state index contributed by atoms with van der Waals surface area (Å²) in [5.74, 6) is -0.917. The number of esters is 1. The number of rotatable bonds is 4. The Balaban J connectivity index is 2.19. The fourth-order valence-electron chi connectivity index (χ4n) is 1.92. The maximum Gasteiger partial charge on any atom is 0.337 e. The second kappa shape index (κ2) is 5.73. The van der Waals surface area contributed by atoms with Gasteiger partial charge in [-0.15, -0.1) is 0 Å². The van der Waals surface area contributed by atoms with E-state index in [0.717, 1.165) is 17.0 Å². The van der Waals surface area contributed by atoms with Gasteiger partial charge in [-0.05, 0) is 32.0 Å². The van der Waals surface area contributed by atoms with Gasteiger partial charge in [0.15, 0.2) is 0 Å². The van der Waals surface area contributed by atoms with E-state index in [0.29, 0.717) is 12.1 Å². The van der Waals surface area contributed by atoms with Crippen LogP contribution in [0.4, 0.5) is 10.1 Å². The number of hydrogen-bond acceptors (Lipinski definition) is 4. The molecule has 0 aliphatic heterocycles. The van der Waals surface area contributed by atoms with Gasteiger partial charge in [-0.2, -0.15) is 5.10 Å². The highest BCUT2D eigenvalue weighted by Crippen LogP contribution is 2.19. The SMILES string of the molecule is COC(=O)c1ccc(F)c(NCc2c(C)n[nH]c2C)c1. The molecule has 0 bridgehead atoms. The van der Waals surface area contributed by atoms with Crippen molar-refractivity contribution < 1.29 is 13.9 Å². The fourth-order valence-corrected chi connectivity index (χ4v) is 1.92. The van der Waals surface area contributed by atoms with Crippen molar-refractivity contribution in [3.05, 3.63) is 46.5 Å². The molecular formula is C14H16FN3O2. The summed E-state index contributed by atoms with van der Waals surface area (Å²) >= 11 is 0. The number of carbonyl (C=O) groups is 1. The third kappa shape index (κ3) is 2.79. The quantitative estimate of drug-likeness (QED) is 0.843. The number of ether oxygens (including phenoxy) is 1. The van der Waals surface area contributed by atoms with Crippen LogP contribution in [0.2, 0.25) is 0 Å². The van der Waals surface area contributed by atoms with Crippen LogP contribution in [0, 0.1) is 19.7 Å². The molecule has 20 heavy (non-hydrogen) atoms. The van der Waals surface area contributed by atoms with Crippen molar-refractivity contribution in [2.75, 3.05) is 12.4 Å². The summed E-state index contributed by atoms with van der Waals surface area (Å²) in [5, 5.41) is 9.92. The Hall–Kier alpha value is -2.37. The number of aryl methyl sites for hydroxylation is 2. The van der Waals surface area contributed by atoms with Crippen molar-refractivity contribution in [3.63, 3.8) is 0 Å². The molecule has 2 rings (SSSR count). The van der Waals surface area contributed by atoms with Crippen molar-refractivity contribution in [1.82, 2.24) is 10.2 Å². The molecule has 0 aliphatic rings. The Labute approximate surface area is 116 Å². The van der Waals surface area contributed by atoms with Crippen molar-refractivity contribution in [2.24, 2.45) is 0 Å². The molecule has 0 atom stereocenters. The zero-order chi connectivity index (χ0) is 14.7. The van der Waals surface area contributed by atoms with Crippen LogP contribution >= 0.6 is 0 Å². The van der Waals surface area contributed by atoms with Gasteiger partial charge >= 0.3 is 5.97 Å². The van der Waals surface area contributed by atoms with E-state index < -0.39 is 11.8 Å². The molecule has 0 radical (unpaired) electrons. The lowest BCUT2D eigenvalue weighted by molar-refractivity contribution is 0.0600. The lowest BCUT2D eigenvalue weighted by atomic mass is 10.1. The zero-order valence-electron chi connectivity index (χ0n) is 11.6. The Morgan fingerprint density at radius 3 is 2.80 bits per heavy atom. The maximum atomic E-state index is 13.7. The zero-order valence-corrected chi connectivity index (χ0v) is 11.6. The van der Waals surface area contributed by atoms with Gasteiger partial charge in [0.2, 0.25) is 0 Å². The molecule has 0 unspecified atom stereocenters. The number of aromatic nitrogens is 2. The lowest BCUT2D eigenvalue weighted by Gasteiger charge is -2.09. The van der Waals surface area contributed by atoms with Crippen LogP contribution in [0.25, 0.3) is 0 Å². The van der Waals surface area contributed by atoms with E-state index in [-0.39, 0.29) is 5.69 Å². The number of nitrogens with one attached hydrogen (secondary N) is 2. The van der Waals surface area contributed by atoms with Gasteiger partial charge < -0.3 is 10.1 Å². The highest BCUT2D eigenvalue weighted by molar-refractivity contribution is 5.90. The highest BCUT2D eigenvalue weighted by Gasteiger charge is 2.11. The molecule has 0 aliphatic carbocycles. The van der Waals surface area contributed by atoms with Crippen molar-refractivity contribution in [3.8, 4) is 0 Å². The number of carbonyl (C=O) groups excluding carboxylic acids is 1. The van der Waals surface area contributed by atoms with E-state index in [9.17, 15) is 9.18 Å². The van der Waals surface area contributed by atoms with Crippen LogP contribution < -0.4 is 5.32 Å². The Bertz CT molecular complexity index is 618. The Kier molecular flexibility index (Phi) is 4.02. The van der Waals surface area contributed by atoms with Gasteiger partial charge in [0.05, 0.1) is 24.1 Å². The van der Waals surface area contributed by atoms with E-state index >= 15 is 0 Å². The summed E-state index contributed by atoms with van der Waals surface area (Å²) in [6, 6.07) is 4.07. The molecule has 5 nitrogen and oxygen atoms in total. The molecule has 1 heterocycles. The minimum atomic E-state index is -0.497. The number of aromatic amines is 1. The minimum absolute atomic E-state index is 0.257. The predicted octanol–water partition coefficient (Wildman–Crippen LogP) is 2.56. The number of nitrogens with zero attached hydrogens (tertiary/aromatic N) is 1. The topological polar surface area (TPSA) is 67.0 Å². The van der Waals surface area contributed by atoms with Gasteiger partial charge in [-0.25, -0.2) is 9.18 Å². The van der Waals surface area contributed by atoms with Gasteiger partial charge in [0.25, 0.3) is 0 Å². The van der Waals surface area contributed by atoms with E-state index in [4.69, 9.17) is 0 Å². The number of H-pyrrole nitrogens is 1. The van der Waals surface area contributed by atoms with Crippen LogP contribution in [0.1, 0.15) is 27.3 Å². The predicted molar refractivity (Wildman–Crippen MR) is 73.1 cm³/mol. The van der Waals surface area contributed by atoms with Gasteiger partial charge in [0, 0.05) is 17.8 Å². The van der Waals surface area contributed by atoms with Crippen molar-refractivity contribution in [1.29, 1.82) is 0 Å². The average molecular weight is 277 g/mol. The van der Waals surface area contributed by atoms with E-state index in [1.54, 1.807) is 0 Å². The normalized spacial score (nSPS) is 10.4. The van der Waals surface area contributed by atoms with E-state index in [2.05, 4.69) is 20.3 Å². The number of benzene rings is 1. The van der Waals surface area contributed by atoms with Gasteiger partial charge in [-0.1, -0.05) is 0 Å². The number of anilines is 1. The summed E-state index contributed by atoms with van der Waals surface area (Å²) in [6.07, 6.45) is 0. The first-order valence-corrected chi connectivity index (χ1v) is 6.15. The second-order valence-corrected chi connectivity index (χ2v) is 4.45. The second-order valence-electron chi connectivity index (χ2n) is 4.45. The van der Waals surface area contributed by atoms with E-state index in [1.807, 2.05) is 13.8 Å². The summed E-state index contributed by atoms with van der Waals surface area (Å²) in [5.41, 5.74) is 3.33. The molecular weight excluding hydrogens is 261 g/mol. The Morgan fingerprint density at radius 2 is 2.20 bits per heavy atom. The van der Waals surface area contributed by atoms with Crippen molar-refractivity contribution >= 4 is 11.7 Å². The first-order chi connectivity index (χ1) is 9.52. The standard InChI is InChI=1S/C14H16FN3O2/c1-8-11(9(2)18-17-8)7-16-13-6-10(14(19)20-3)4-5-12(13)15/h4-6,16H,7H2,1-3H3,(H,17,18). The van der Waals surface area contributed by atoms with Crippen LogP contribution in [-0.2, 0) is 11.3 Å². The van der Waals surface area contributed by atoms with Crippen LogP contribution in [0.3, 0.4) is 0 Å². The van der Waals surface area contributed by atoms with Crippen LogP contribution in [-0.4, -0.2) is 23.3 Å². The maximum absolute atomic E-state index is 13.7. The molecule has 0 amide bonds. The molecule has 6 heteroatoms. The molecule has 0 spiro atoms. The first-order valence-electron chi connectivity index (χ1n) is 6.15. The highest BCUT2D eigenvalue weighted by atomic mass is 19.1. The molecule has 2 aromatic rings. The first kappa shape index (κ1) is 14.0. The van der Waals surface area contributed by atoms with Gasteiger partial charge in [0.1, 0.15) is 5.82 Å². The minimum Gasteiger partial charge on any atom is -0.465 e. The third-order valence-electron chi connectivity index (χ3n) is 3.12.